The second-order valence-electron chi connectivity index (χ2n) is 8.06. The van der Waals surface area contributed by atoms with Crippen molar-refractivity contribution >= 4 is 26.7 Å². The molecule has 1 amide bonds. The Morgan fingerprint density at radius 3 is 2.58 bits per heavy atom. The van der Waals surface area contributed by atoms with E-state index in [0.29, 0.717) is 42.6 Å². The first-order valence-corrected chi connectivity index (χ1v) is 12.1. The van der Waals surface area contributed by atoms with Crippen molar-refractivity contribution in [2.24, 2.45) is 0 Å². The van der Waals surface area contributed by atoms with E-state index in [-0.39, 0.29) is 23.9 Å². The van der Waals surface area contributed by atoms with Gasteiger partial charge in [-0.05, 0) is 36.6 Å². The summed E-state index contributed by atoms with van der Waals surface area (Å²) in [7, 11) is -3.39. The molecule has 4 rings (SSSR count). The Balaban J connectivity index is 1.64. The number of rotatable bonds is 6. The predicted molar refractivity (Wildman–Crippen MR) is 115 cm³/mol. The zero-order valence-electron chi connectivity index (χ0n) is 17.2. The van der Waals surface area contributed by atoms with Crippen molar-refractivity contribution in [2.45, 2.75) is 24.0 Å². The molecule has 0 radical (unpaired) electrons. The highest BCUT2D eigenvalue weighted by atomic mass is 32.2. The van der Waals surface area contributed by atoms with Crippen LogP contribution in [-0.2, 0) is 25.7 Å². The smallest absolute Gasteiger partial charge is 0.287 e. The van der Waals surface area contributed by atoms with Crippen molar-refractivity contribution in [1.82, 2.24) is 5.32 Å². The number of ether oxygens (including phenoxy) is 1. The number of hydrogen-bond acceptors (Lipinski definition) is 5. The first kappa shape index (κ1) is 21.5. The molecule has 1 aliphatic heterocycles. The number of nitrogens with one attached hydrogen (secondary N) is 1. The molecule has 2 aromatic carbocycles. The second kappa shape index (κ2) is 8.43. The van der Waals surface area contributed by atoms with E-state index in [9.17, 15) is 17.6 Å². The quantitative estimate of drug-likeness (QED) is 0.627. The number of hydrogen-bond donors (Lipinski definition) is 1. The highest BCUT2D eigenvalue weighted by Gasteiger charge is 2.36. The fourth-order valence-corrected chi connectivity index (χ4v) is 4.98. The molecule has 8 heteroatoms. The van der Waals surface area contributed by atoms with E-state index in [0.717, 1.165) is 11.8 Å². The number of halogens is 1. The standard InChI is InChI=1S/C23H24FNO5S/c1-31(27,28)14-19-18-7-2-3-8-20(18)30-21(19)22(26)25-15-23(9-11-29-12-10-23)16-5-4-6-17(24)13-16/h2-8,13H,9-12,14-15H2,1H3,(H,25,26). The molecule has 1 aliphatic rings. The molecular weight excluding hydrogens is 421 g/mol. The minimum atomic E-state index is -3.39. The van der Waals surface area contributed by atoms with Crippen molar-refractivity contribution in [2.75, 3.05) is 26.0 Å². The van der Waals surface area contributed by atoms with Crippen LogP contribution in [0.1, 0.15) is 34.5 Å². The molecule has 0 spiro atoms. The molecule has 31 heavy (non-hydrogen) atoms. The van der Waals surface area contributed by atoms with Crippen LogP contribution >= 0.6 is 0 Å². The normalized spacial score (nSPS) is 16.3. The topological polar surface area (TPSA) is 85.6 Å². The minimum absolute atomic E-state index is 0.00641. The average molecular weight is 446 g/mol. The van der Waals surface area contributed by atoms with Crippen LogP contribution in [0.4, 0.5) is 4.39 Å². The van der Waals surface area contributed by atoms with E-state index >= 15 is 0 Å². The Hall–Kier alpha value is -2.71. The molecule has 2 heterocycles. The van der Waals surface area contributed by atoms with E-state index in [4.69, 9.17) is 9.15 Å². The molecule has 164 valence electrons. The number of fused-ring (bicyclic) bond motifs is 1. The molecule has 3 aromatic rings. The van der Waals surface area contributed by atoms with E-state index in [1.165, 1.54) is 12.1 Å². The van der Waals surface area contributed by atoms with Crippen molar-refractivity contribution in [3.8, 4) is 0 Å². The molecular formula is C23H24FNO5S. The summed E-state index contributed by atoms with van der Waals surface area (Å²) in [4.78, 5) is 13.1. The Morgan fingerprint density at radius 2 is 1.87 bits per heavy atom. The zero-order valence-corrected chi connectivity index (χ0v) is 18.0. The third-order valence-electron chi connectivity index (χ3n) is 5.79. The van der Waals surface area contributed by atoms with E-state index in [2.05, 4.69) is 5.32 Å². The van der Waals surface area contributed by atoms with Crippen LogP contribution in [0, 0.1) is 5.82 Å². The third kappa shape index (κ3) is 4.65. The lowest BCUT2D eigenvalue weighted by atomic mass is 9.74. The monoisotopic (exact) mass is 445 g/mol. The highest BCUT2D eigenvalue weighted by molar-refractivity contribution is 7.89. The summed E-state index contributed by atoms with van der Waals surface area (Å²) in [5.74, 6) is -1.12. The average Bonchev–Trinajstić information content (AvgIpc) is 3.10. The van der Waals surface area contributed by atoms with Crippen LogP contribution in [0.5, 0.6) is 0 Å². The fourth-order valence-electron chi connectivity index (χ4n) is 4.17. The van der Waals surface area contributed by atoms with Gasteiger partial charge in [-0.15, -0.1) is 0 Å². The van der Waals surface area contributed by atoms with Gasteiger partial charge in [-0.1, -0.05) is 30.3 Å². The summed E-state index contributed by atoms with van der Waals surface area (Å²) >= 11 is 0. The summed E-state index contributed by atoms with van der Waals surface area (Å²) in [6.45, 7) is 1.28. The van der Waals surface area contributed by atoms with Crippen molar-refractivity contribution in [3.05, 3.63) is 71.2 Å². The van der Waals surface area contributed by atoms with Gasteiger partial charge in [-0.25, -0.2) is 12.8 Å². The van der Waals surface area contributed by atoms with Crippen LogP contribution in [0.15, 0.2) is 52.9 Å². The Morgan fingerprint density at radius 1 is 1.13 bits per heavy atom. The van der Waals surface area contributed by atoms with Gasteiger partial charge in [0.1, 0.15) is 11.4 Å². The number of sulfone groups is 1. The minimum Gasteiger partial charge on any atom is -0.451 e. The summed E-state index contributed by atoms with van der Waals surface area (Å²) in [5.41, 5.74) is 1.13. The van der Waals surface area contributed by atoms with Crippen LogP contribution in [-0.4, -0.2) is 40.3 Å². The van der Waals surface area contributed by atoms with Crippen molar-refractivity contribution in [3.63, 3.8) is 0 Å². The number of para-hydroxylation sites is 1. The largest absolute Gasteiger partial charge is 0.451 e. The van der Waals surface area contributed by atoms with Gasteiger partial charge in [0.25, 0.3) is 5.91 Å². The molecule has 0 unspecified atom stereocenters. The van der Waals surface area contributed by atoms with Crippen molar-refractivity contribution in [1.29, 1.82) is 0 Å². The maximum atomic E-state index is 13.9. The molecule has 0 aliphatic carbocycles. The van der Waals surface area contributed by atoms with Gasteiger partial charge in [0.2, 0.25) is 0 Å². The number of furan rings is 1. The molecule has 1 N–H and O–H groups in total. The SMILES string of the molecule is CS(=O)(=O)Cc1c(C(=O)NCC2(c3cccc(F)c3)CCOCC2)oc2ccccc12. The first-order chi connectivity index (χ1) is 14.8. The number of amides is 1. The van der Waals surface area contributed by atoms with Gasteiger partial charge in [0.15, 0.2) is 15.6 Å². The highest BCUT2D eigenvalue weighted by Crippen LogP contribution is 2.35. The molecule has 1 saturated heterocycles. The number of carbonyl (C=O) groups is 1. The number of carbonyl (C=O) groups excluding carboxylic acids is 1. The second-order valence-corrected chi connectivity index (χ2v) is 10.2. The zero-order chi connectivity index (χ0) is 22.1. The van der Waals surface area contributed by atoms with E-state index in [1.807, 2.05) is 6.07 Å². The molecule has 1 fully saturated rings. The fraction of sp³-hybridized carbons (Fsp3) is 0.348. The van der Waals surface area contributed by atoms with E-state index < -0.39 is 21.2 Å². The van der Waals surface area contributed by atoms with Crippen LogP contribution < -0.4 is 5.32 Å². The Kier molecular flexibility index (Phi) is 5.85. The lowest BCUT2D eigenvalue weighted by molar-refractivity contribution is 0.0483. The Labute approximate surface area is 180 Å². The van der Waals surface area contributed by atoms with Gasteiger partial charge < -0.3 is 14.5 Å². The van der Waals surface area contributed by atoms with Gasteiger partial charge in [-0.2, -0.15) is 0 Å². The summed E-state index contributed by atoms with van der Waals surface area (Å²) < 4.78 is 49.1. The van der Waals surface area contributed by atoms with Gasteiger partial charge >= 0.3 is 0 Å². The van der Waals surface area contributed by atoms with Gasteiger partial charge in [0, 0.05) is 42.4 Å². The van der Waals surface area contributed by atoms with Crippen molar-refractivity contribution < 1.29 is 26.8 Å². The van der Waals surface area contributed by atoms with E-state index in [1.54, 1.807) is 30.3 Å². The molecule has 0 atom stereocenters. The predicted octanol–water partition coefficient (Wildman–Crippen LogP) is 3.59. The van der Waals surface area contributed by atoms with Crippen LogP contribution in [0.25, 0.3) is 11.0 Å². The Bertz CT molecular complexity index is 1210. The third-order valence-corrected chi connectivity index (χ3v) is 6.60. The maximum Gasteiger partial charge on any atom is 0.287 e. The first-order valence-electron chi connectivity index (χ1n) is 10.1. The van der Waals surface area contributed by atoms with Crippen LogP contribution in [0.3, 0.4) is 0 Å². The lowest BCUT2D eigenvalue weighted by Crippen LogP contribution is -2.44. The molecule has 1 aromatic heterocycles. The summed E-state index contributed by atoms with van der Waals surface area (Å²) in [5, 5.41) is 3.51. The lowest BCUT2D eigenvalue weighted by Gasteiger charge is -2.37. The molecule has 0 saturated carbocycles. The maximum absolute atomic E-state index is 13.9. The number of benzene rings is 2. The van der Waals surface area contributed by atoms with Gasteiger partial charge in [0.05, 0.1) is 5.75 Å². The van der Waals surface area contributed by atoms with Gasteiger partial charge in [-0.3, -0.25) is 4.79 Å². The summed E-state index contributed by atoms with van der Waals surface area (Å²) in [6.07, 6.45) is 2.39. The molecule has 0 bridgehead atoms. The summed E-state index contributed by atoms with van der Waals surface area (Å²) in [6, 6.07) is 13.4. The van der Waals surface area contributed by atoms with Crippen LogP contribution in [0.2, 0.25) is 0 Å². The molecule has 6 nitrogen and oxygen atoms in total.